The Kier molecular flexibility index (Phi) is 34.8. The van der Waals surface area contributed by atoms with E-state index in [1.54, 1.807) is 6.08 Å². The van der Waals surface area contributed by atoms with Gasteiger partial charge in [0.2, 0.25) is 5.91 Å². The third-order valence-corrected chi connectivity index (χ3v) is 11.8. The van der Waals surface area contributed by atoms with Crippen LogP contribution in [0.3, 0.4) is 0 Å². The third kappa shape index (κ3) is 29.0. The Bertz CT molecular complexity index is 1190. The quantitative estimate of drug-likeness (QED) is 0.0176. The molecule has 0 spiro atoms. The van der Waals surface area contributed by atoms with E-state index in [0.29, 0.717) is 12.8 Å². The molecule has 1 heterocycles. The monoisotopic (exact) mass is 878 g/mol. The molecule has 354 valence electrons. The zero-order chi connectivity index (χ0) is 44.3. The van der Waals surface area contributed by atoms with E-state index in [1.165, 1.54) is 134 Å². The van der Waals surface area contributed by atoms with Gasteiger partial charge in [-0.05, 0) is 32.1 Å². The lowest BCUT2D eigenvalue weighted by Gasteiger charge is -2.41. The number of hydrogen-bond donors (Lipinski definition) is 7. The molecule has 1 fully saturated rings. The Morgan fingerprint density at radius 2 is 1.12 bits per heavy atom. The van der Waals surface area contributed by atoms with Crippen LogP contribution in [0.4, 0.5) is 0 Å². The zero-order valence-electron chi connectivity index (χ0n) is 37.4. The van der Waals surface area contributed by atoms with Crippen LogP contribution in [0.1, 0.15) is 200 Å². The summed E-state index contributed by atoms with van der Waals surface area (Å²) in [6.45, 7) is 3.18. The number of aliphatic hydroxyl groups excluding tert-OH is 5. The molecule has 1 amide bonds. The highest BCUT2D eigenvalue weighted by Gasteiger charge is 2.48. The van der Waals surface area contributed by atoms with Crippen LogP contribution >= 0.6 is 0 Å². The summed E-state index contributed by atoms with van der Waals surface area (Å²) < 4.78 is 47.5. The number of rotatable bonds is 40. The average molecular weight is 878 g/mol. The molecule has 0 bridgehead atoms. The van der Waals surface area contributed by atoms with Crippen LogP contribution < -0.4 is 5.32 Å². The van der Waals surface area contributed by atoms with Crippen LogP contribution in [0.15, 0.2) is 24.3 Å². The summed E-state index contributed by atoms with van der Waals surface area (Å²) >= 11 is 0. The number of ether oxygens (including phenoxy) is 2. The van der Waals surface area contributed by atoms with Crippen LogP contribution in [0.25, 0.3) is 0 Å². The van der Waals surface area contributed by atoms with E-state index in [2.05, 4.69) is 35.5 Å². The van der Waals surface area contributed by atoms with E-state index in [-0.39, 0.29) is 6.42 Å². The maximum Gasteiger partial charge on any atom is 0.397 e. The molecule has 60 heavy (non-hydrogen) atoms. The molecule has 0 radical (unpaired) electrons. The van der Waals surface area contributed by atoms with Crippen molar-refractivity contribution in [2.24, 2.45) is 0 Å². The van der Waals surface area contributed by atoms with Gasteiger partial charge in [0.25, 0.3) is 0 Å². The normalized spacial score (nSPS) is 21.5. The van der Waals surface area contributed by atoms with Crippen molar-refractivity contribution in [2.45, 2.75) is 249 Å². The molecule has 14 heteroatoms. The Morgan fingerprint density at radius 3 is 1.60 bits per heavy atom. The van der Waals surface area contributed by atoms with E-state index < -0.39 is 78.5 Å². The van der Waals surface area contributed by atoms with Gasteiger partial charge in [0, 0.05) is 0 Å². The van der Waals surface area contributed by atoms with E-state index >= 15 is 0 Å². The van der Waals surface area contributed by atoms with Crippen molar-refractivity contribution in [2.75, 3.05) is 13.2 Å². The zero-order valence-corrected chi connectivity index (χ0v) is 38.2. The Hall–Kier alpha value is -1.46. The first-order chi connectivity index (χ1) is 28.9. The Balaban J connectivity index is 2.56. The average Bonchev–Trinajstić information content (AvgIpc) is 3.22. The molecule has 1 rings (SSSR count). The molecular weight excluding hydrogens is 791 g/mol. The summed E-state index contributed by atoms with van der Waals surface area (Å²) in [6, 6.07) is -1.13. The van der Waals surface area contributed by atoms with Crippen molar-refractivity contribution in [3.8, 4) is 0 Å². The van der Waals surface area contributed by atoms with Crippen LogP contribution in [-0.2, 0) is 28.9 Å². The molecule has 13 nitrogen and oxygen atoms in total. The number of carbonyl (C=O) groups excluding carboxylic acids is 1. The standard InChI is InChI=1S/C46H87NO12S/c1-3-5-7-9-11-13-15-16-17-18-19-20-21-22-23-24-25-27-28-30-32-34-39(49)38(47-45(53)40(50)35-33-31-29-26-14-12-10-8-6-4-2)37-57-46-43(52)44(59-60(54,55)56)42(51)41(36-48)58-46/h25,27,32,34,38-44,46,48-52H,3-24,26,28-31,33,35-37H2,1-2H3,(H,47,53)(H,54,55,56)/b27-25+,34-32+. The highest BCUT2D eigenvalue weighted by atomic mass is 32.3. The maximum atomic E-state index is 13.1. The molecule has 1 saturated heterocycles. The summed E-state index contributed by atoms with van der Waals surface area (Å²) in [7, 11) is -5.12. The van der Waals surface area contributed by atoms with Gasteiger partial charge in [0.1, 0.15) is 30.5 Å². The fourth-order valence-electron chi connectivity index (χ4n) is 7.54. The van der Waals surface area contributed by atoms with E-state index in [9.17, 15) is 43.3 Å². The van der Waals surface area contributed by atoms with Gasteiger partial charge in [0.15, 0.2) is 6.29 Å². The number of nitrogens with one attached hydrogen (secondary N) is 1. The number of amides is 1. The van der Waals surface area contributed by atoms with Gasteiger partial charge in [-0.1, -0.05) is 192 Å². The highest BCUT2D eigenvalue weighted by molar-refractivity contribution is 7.80. The molecule has 7 N–H and O–H groups in total. The topological polar surface area (TPSA) is 212 Å². The second-order valence-corrected chi connectivity index (χ2v) is 17.9. The second kappa shape index (κ2) is 37.0. The second-order valence-electron chi connectivity index (χ2n) is 16.8. The first-order valence-electron chi connectivity index (χ1n) is 23.8. The van der Waals surface area contributed by atoms with Crippen molar-refractivity contribution in [3.63, 3.8) is 0 Å². The summed E-state index contributed by atoms with van der Waals surface area (Å²) in [6.07, 6.45) is 29.9. The summed E-state index contributed by atoms with van der Waals surface area (Å²) in [5.74, 6) is -0.713. The van der Waals surface area contributed by atoms with Gasteiger partial charge in [-0.15, -0.1) is 0 Å². The minimum absolute atomic E-state index is 0.239. The number of allylic oxidation sites excluding steroid dienone is 3. The van der Waals surface area contributed by atoms with E-state index in [4.69, 9.17) is 9.47 Å². The highest BCUT2D eigenvalue weighted by Crippen LogP contribution is 2.26. The lowest BCUT2D eigenvalue weighted by molar-refractivity contribution is -0.298. The van der Waals surface area contributed by atoms with Crippen molar-refractivity contribution in [1.82, 2.24) is 5.32 Å². The Labute approximate surface area is 364 Å². The molecule has 0 aromatic heterocycles. The van der Waals surface area contributed by atoms with E-state index in [1.807, 2.05) is 0 Å². The molecule has 0 aromatic carbocycles. The SMILES string of the molecule is CCCCCCCCCCCCCCCCC/C=C/CC/C=C/C(O)C(COC1OC(CO)C(O)C(OS(=O)(=O)O)C1O)NC(=O)C(O)CCCCCCCCCCCC. The molecule has 0 saturated carbocycles. The molecule has 8 atom stereocenters. The van der Waals surface area contributed by atoms with Gasteiger partial charge in [-0.2, -0.15) is 8.42 Å². The number of aliphatic hydroxyl groups is 5. The first kappa shape index (κ1) is 56.6. The summed E-state index contributed by atoms with van der Waals surface area (Å²) in [5.41, 5.74) is 0. The van der Waals surface area contributed by atoms with E-state index in [0.717, 1.165) is 38.5 Å². The molecule has 1 aliphatic rings. The lowest BCUT2D eigenvalue weighted by atomic mass is 9.99. The largest absolute Gasteiger partial charge is 0.397 e. The van der Waals surface area contributed by atoms with Crippen LogP contribution in [0, 0.1) is 0 Å². The molecule has 1 aliphatic heterocycles. The Morgan fingerprint density at radius 1 is 0.667 bits per heavy atom. The first-order valence-corrected chi connectivity index (χ1v) is 25.2. The fourth-order valence-corrected chi connectivity index (χ4v) is 8.04. The minimum atomic E-state index is -5.12. The van der Waals surface area contributed by atoms with Crippen molar-refractivity contribution >= 4 is 16.3 Å². The van der Waals surface area contributed by atoms with Crippen LogP contribution in [-0.4, -0.2) is 107 Å². The minimum Gasteiger partial charge on any atom is -0.394 e. The number of carbonyl (C=O) groups is 1. The third-order valence-electron chi connectivity index (χ3n) is 11.3. The van der Waals surface area contributed by atoms with Crippen LogP contribution in [0.2, 0.25) is 0 Å². The predicted molar refractivity (Wildman–Crippen MR) is 238 cm³/mol. The molecule has 8 unspecified atom stereocenters. The number of unbranched alkanes of at least 4 members (excludes halogenated alkanes) is 25. The van der Waals surface area contributed by atoms with Crippen molar-refractivity contribution in [3.05, 3.63) is 24.3 Å². The summed E-state index contributed by atoms with van der Waals surface area (Å²) in [4.78, 5) is 13.1. The predicted octanol–water partition coefficient (Wildman–Crippen LogP) is 8.30. The molecule has 0 aliphatic carbocycles. The van der Waals surface area contributed by atoms with Gasteiger partial charge in [-0.3, -0.25) is 9.35 Å². The van der Waals surface area contributed by atoms with Gasteiger partial charge in [-0.25, -0.2) is 4.18 Å². The molecule has 0 aromatic rings. The fraction of sp³-hybridized carbons (Fsp3) is 0.891. The van der Waals surface area contributed by atoms with Gasteiger partial charge >= 0.3 is 10.4 Å². The van der Waals surface area contributed by atoms with Crippen molar-refractivity contribution in [1.29, 1.82) is 0 Å². The van der Waals surface area contributed by atoms with Gasteiger partial charge < -0.3 is 40.3 Å². The van der Waals surface area contributed by atoms with Gasteiger partial charge in [0.05, 0.1) is 25.4 Å². The molecular formula is C46H87NO12S. The van der Waals surface area contributed by atoms with Crippen LogP contribution in [0.5, 0.6) is 0 Å². The number of hydrogen-bond acceptors (Lipinski definition) is 11. The smallest absolute Gasteiger partial charge is 0.394 e. The lowest BCUT2D eigenvalue weighted by Crippen LogP contribution is -2.61. The summed E-state index contributed by atoms with van der Waals surface area (Å²) in [5, 5.41) is 55.1. The van der Waals surface area contributed by atoms with Crippen molar-refractivity contribution < 1.29 is 57.0 Å². The maximum absolute atomic E-state index is 13.1.